The predicted molar refractivity (Wildman–Crippen MR) is 139 cm³/mol. The van der Waals surface area contributed by atoms with Crippen molar-refractivity contribution in [3.05, 3.63) is 29.8 Å². The number of hydrogen-bond donors (Lipinski definition) is 10. The Hall–Kier alpha value is -4.44. The van der Waals surface area contributed by atoms with Crippen LogP contribution >= 0.6 is 0 Å². The van der Waals surface area contributed by atoms with Crippen LogP contribution in [0, 0.1) is 0 Å². The summed E-state index contributed by atoms with van der Waals surface area (Å²) in [6.07, 6.45) is -0.186. The number of nitrogens with one attached hydrogen (secondary N) is 3. The van der Waals surface area contributed by atoms with Gasteiger partial charge in [0.15, 0.2) is 5.96 Å². The molecule has 0 bridgehead atoms. The van der Waals surface area contributed by atoms with Crippen LogP contribution in [0.1, 0.15) is 31.2 Å². The van der Waals surface area contributed by atoms with Gasteiger partial charge in [-0.3, -0.25) is 24.2 Å². The fourth-order valence-corrected chi connectivity index (χ4v) is 3.29. The number of phenolic OH excluding ortho intramolecular Hbond substituents is 1. The SMILES string of the molecule is NC(=O)CCC(NC(=O)C(Cc1ccc(O)cc1)NC(=O)C(CO)NC(=O)C(N)CCCN=C(N)N)C(=O)O. The van der Waals surface area contributed by atoms with Crippen LogP contribution in [0.2, 0.25) is 0 Å². The summed E-state index contributed by atoms with van der Waals surface area (Å²) in [5, 5.41) is 35.6. The average molecular weight is 553 g/mol. The minimum absolute atomic E-state index is 0.0427. The van der Waals surface area contributed by atoms with Crippen molar-refractivity contribution in [2.75, 3.05) is 13.2 Å². The Labute approximate surface area is 224 Å². The number of carbonyl (C=O) groups is 5. The number of aromatic hydroxyl groups is 1. The van der Waals surface area contributed by atoms with Crippen molar-refractivity contribution in [3.8, 4) is 5.75 Å². The van der Waals surface area contributed by atoms with Gasteiger partial charge in [-0.25, -0.2) is 4.79 Å². The predicted octanol–water partition coefficient (Wildman–Crippen LogP) is -3.89. The highest BCUT2D eigenvalue weighted by Gasteiger charge is 2.30. The van der Waals surface area contributed by atoms with Crippen molar-refractivity contribution in [1.29, 1.82) is 0 Å². The number of aliphatic hydroxyl groups excluding tert-OH is 1. The number of guanidine groups is 1. The lowest BCUT2D eigenvalue weighted by Crippen LogP contribution is -2.58. The molecule has 4 amide bonds. The number of rotatable bonds is 17. The van der Waals surface area contributed by atoms with Crippen LogP contribution in [-0.4, -0.2) is 88.2 Å². The summed E-state index contributed by atoms with van der Waals surface area (Å²) >= 11 is 0. The Bertz CT molecular complexity index is 1030. The molecule has 216 valence electrons. The van der Waals surface area contributed by atoms with Gasteiger partial charge in [0.1, 0.15) is 23.9 Å². The van der Waals surface area contributed by atoms with Gasteiger partial charge in [-0.05, 0) is 37.0 Å². The molecular weight excluding hydrogens is 516 g/mol. The Morgan fingerprint density at radius 1 is 0.846 bits per heavy atom. The molecule has 4 unspecified atom stereocenters. The number of carboxylic acid groups (broad SMARTS) is 1. The summed E-state index contributed by atoms with van der Waals surface area (Å²) in [5.41, 5.74) is 21.8. The zero-order valence-electron chi connectivity index (χ0n) is 21.2. The molecule has 0 heterocycles. The number of nitrogens with zero attached hydrogens (tertiary/aromatic N) is 1. The monoisotopic (exact) mass is 552 g/mol. The molecule has 1 aromatic carbocycles. The van der Waals surface area contributed by atoms with Crippen molar-refractivity contribution in [2.24, 2.45) is 27.9 Å². The molecule has 14 N–H and O–H groups in total. The standard InChI is InChI=1S/C23H36N8O8/c24-14(2-1-9-28-23(26)27)19(35)31-17(11-32)21(37)30-16(10-12-3-5-13(33)6-4-12)20(36)29-15(22(38)39)7-8-18(25)34/h3-6,14-17,32-33H,1-2,7-11,24H2,(H2,25,34)(H,29,36)(H,30,37)(H,31,35)(H,38,39)(H4,26,27,28). The maximum atomic E-state index is 13.0. The fourth-order valence-electron chi connectivity index (χ4n) is 3.29. The molecule has 0 aliphatic carbocycles. The zero-order chi connectivity index (χ0) is 29.5. The third kappa shape index (κ3) is 12.6. The van der Waals surface area contributed by atoms with E-state index in [1.54, 1.807) is 0 Å². The highest BCUT2D eigenvalue weighted by Crippen LogP contribution is 2.12. The molecule has 1 aromatic rings. The number of aliphatic carboxylic acids is 1. The van der Waals surface area contributed by atoms with Crippen LogP contribution in [-0.2, 0) is 30.4 Å². The van der Waals surface area contributed by atoms with Gasteiger partial charge in [0.2, 0.25) is 23.6 Å². The molecule has 0 saturated carbocycles. The van der Waals surface area contributed by atoms with Crippen LogP contribution in [0.4, 0.5) is 0 Å². The first-order valence-electron chi connectivity index (χ1n) is 12.0. The molecule has 0 fully saturated rings. The third-order valence-corrected chi connectivity index (χ3v) is 5.42. The number of aliphatic imine (C=N–C) groups is 1. The van der Waals surface area contributed by atoms with Crippen LogP contribution in [0.15, 0.2) is 29.3 Å². The van der Waals surface area contributed by atoms with Crippen LogP contribution in [0.3, 0.4) is 0 Å². The van der Waals surface area contributed by atoms with E-state index in [-0.39, 0.29) is 43.9 Å². The van der Waals surface area contributed by atoms with Crippen molar-refractivity contribution in [3.63, 3.8) is 0 Å². The number of hydrogen-bond acceptors (Lipinski definition) is 9. The van der Waals surface area contributed by atoms with Crippen molar-refractivity contribution in [1.82, 2.24) is 16.0 Å². The van der Waals surface area contributed by atoms with Gasteiger partial charge in [-0.2, -0.15) is 0 Å². The van der Waals surface area contributed by atoms with Crippen LogP contribution < -0.4 is 38.9 Å². The van der Waals surface area contributed by atoms with Crippen molar-refractivity contribution in [2.45, 2.75) is 56.3 Å². The zero-order valence-corrected chi connectivity index (χ0v) is 21.2. The van der Waals surface area contributed by atoms with E-state index in [1.165, 1.54) is 24.3 Å². The number of aliphatic hydroxyl groups is 1. The van der Waals surface area contributed by atoms with E-state index in [0.717, 1.165) is 0 Å². The lowest BCUT2D eigenvalue weighted by atomic mass is 10.0. The molecule has 16 heteroatoms. The summed E-state index contributed by atoms with van der Waals surface area (Å²) in [5.74, 6) is -4.94. The molecule has 0 radical (unpaired) electrons. The van der Waals surface area contributed by atoms with Crippen molar-refractivity contribution < 1.29 is 39.3 Å². The topological polar surface area (TPSA) is 299 Å². The Morgan fingerprint density at radius 3 is 1.95 bits per heavy atom. The molecular formula is C23H36N8O8. The number of carbonyl (C=O) groups excluding carboxylic acids is 4. The minimum Gasteiger partial charge on any atom is -0.508 e. The first-order valence-corrected chi connectivity index (χ1v) is 12.0. The highest BCUT2D eigenvalue weighted by molar-refractivity contribution is 5.94. The Kier molecular flexibility index (Phi) is 13.7. The lowest BCUT2D eigenvalue weighted by molar-refractivity contribution is -0.142. The second-order valence-electron chi connectivity index (χ2n) is 8.64. The molecule has 39 heavy (non-hydrogen) atoms. The number of benzene rings is 1. The summed E-state index contributed by atoms with van der Waals surface area (Å²) < 4.78 is 0. The summed E-state index contributed by atoms with van der Waals surface area (Å²) in [4.78, 5) is 64.7. The molecule has 16 nitrogen and oxygen atoms in total. The molecule has 0 saturated heterocycles. The third-order valence-electron chi connectivity index (χ3n) is 5.42. The number of amides is 4. The molecule has 0 aliphatic heterocycles. The molecule has 1 rings (SSSR count). The van der Waals surface area contributed by atoms with E-state index in [9.17, 15) is 39.3 Å². The molecule has 4 atom stereocenters. The van der Waals surface area contributed by atoms with E-state index in [2.05, 4.69) is 20.9 Å². The van der Waals surface area contributed by atoms with E-state index in [0.29, 0.717) is 12.0 Å². The number of primary amides is 1. The van der Waals surface area contributed by atoms with E-state index >= 15 is 0 Å². The Morgan fingerprint density at radius 2 is 1.41 bits per heavy atom. The van der Waals surface area contributed by atoms with Gasteiger partial charge in [-0.15, -0.1) is 0 Å². The quantitative estimate of drug-likeness (QED) is 0.0506. The largest absolute Gasteiger partial charge is 0.508 e. The van der Waals surface area contributed by atoms with Gasteiger partial charge in [0.25, 0.3) is 0 Å². The number of phenols is 1. The van der Waals surface area contributed by atoms with Gasteiger partial charge in [0, 0.05) is 19.4 Å². The molecule has 0 aromatic heterocycles. The second-order valence-corrected chi connectivity index (χ2v) is 8.64. The van der Waals surface area contributed by atoms with Gasteiger partial charge < -0.3 is 54.2 Å². The number of nitrogens with two attached hydrogens (primary N) is 4. The van der Waals surface area contributed by atoms with Gasteiger partial charge in [-0.1, -0.05) is 12.1 Å². The van der Waals surface area contributed by atoms with Gasteiger partial charge in [0.05, 0.1) is 12.6 Å². The summed E-state index contributed by atoms with van der Waals surface area (Å²) in [6, 6.07) is 0.299. The van der Waals surface area contributed by atoms with Crippen LogP contribution in [0.5, 0.6) is 5.75 Å². The normalized spacial score (nSPS) is 13.7. The maximum absolute atomic E-state index is 13.0. The Balaban J connectivity index is 2.97. The second kappa shape index (κ2) is 16.4. The van der Waals surface area contributed by atoms with E-state index in [4.69, 9.17) is 22.9 Å². The average Bonchev–Trinajstić information content (AvgIpc) is 2.87. The minimum atomic E-state index is -1.48. The van der Waals surface area contributed by atoms with Crippen molar-refractivity contribution >= 4 is 35.6 Å². The van der Waals surface area contributed by atoms with Gasteiger partial charge >= 0.3 is 5.97 Å². The lowest BCUT2D eigenvalue weighted by Gasteiger charge is -2.24. The molecule has 0 spiro atoms. The number of carboxylic acids is 1. The fraction of sp³-hybridized carbons (Fsp3) is 0.478. The highest BCUT2D eigenvalue weighted by atomic mass is 16.4. The summed E-state index contributed by atoms with van der Waals surface area (Å²) in [6.45, 7) is -0.597. The van der Waals surface area contributed by atoms with E-state index in [1.807, 2.05) is 0 Å². The van der Waals surface area contributed by atoms with E-state index < -0.39 is 60.4 Å². The first kappa shape index (κ1) is 32.6. The summed E-state index contributed by atoms with van der Waals surface area (Å²) in [7, 11) is 0. The van der Waals surface area contributed by atoms with Crippen LogP contribution in [0.25, 0.3) is 0 Å². The smallest absolute Gasteiger partial charge is 0.326 e. The first-order chi connectivity index (χ1) is 18.3. The maximum Gasteiger partial charge on any atom is 0.326 e. The molecule has 0 aliphatic rings.